The molecule has 61 heavy (non-hydrogen) atoms. The predicted molar refractivity (Wildman–Crippen MR) is 227 cm³/mol. The first-order valence-electron chi connectivity index (χ1n) is 19.9. The van der Waals surface area contributed by atoms with E-state index in [4.69, 9.17) is 9.72 Å². The van der Waals surface area contributed by atoms with E-state index in [-0.39, 0.29) is 40.2 Å². The molecule has 4 heterocycles. The number of carbonyl (C=O) groups is 4. The van der Waals surface area contributed by atoms with E-state index in [1.807, 2.05) is 50.7 Å². The van der Waals surface area contributed by atoms with E-state index in [1.54, 1.807) is 59.3 Å². The van der Waals surface area contributed by atoms with Gasteiger partial charge in [0.1, 0.15) is 23.4 Å². The number of aromatic amines is 1. The number of ether oxygens (including phenoxy) is 2. The molecule has 4 aromatic rings. The van der Waals surface area contributed by atoms with Crippen LogP contribution < -0.4 is 20.3 Å². The molecule has 4 amide bonds. The molecule has 3 N–H and O–H groups in total. The van der Waals surface area contributed by atoms with Crippen molar-refractivity contribution in [2.75, 3.05) is 56.3 Å². The molecular weight excluding hydrogens is 814 g/mol. The van der Waals surface area contributed by atoms with Crippen molar-refractivity contribution >= 4 is 47.1 Å². The Morgan fingerprint density at radius 2 is 1.64 bits per heavy atom. The lowest BCUT2D eigenvalue weighted by atomic mass is 9.94. The average molecular weight is 865 g/mol. The van der Waals surface area contributed by atoms with Gasteiger partial charge in [0.25, 0.3) is 5.91 Å². The van der Waals surface area contributed by atoms with E-state index in [1.165, 1.54) is 25.4 Å². The highest BCUT2D eigenvalue weighted by Crippen LogP contribution is 2.39. The fraction of sp³-hybridized carbons (Fsp3) is 0.442. The van der Waals surface area contributed by atoms with Crippen LogP contribution in [0, 0.1) is 11.3 Å². The van der Waals surface area contributed by atoms with Crippen molar-refractivity contribution in [3.63, 3.8) is 0 Å². The van der Waals surface area contributed by atoms with Gasteiger partial charge in [0.15, 0.2) is 0 Å². The second kappa shape index (κ2) is 18.5. The number of alkyl carbamates (subject to hydrolysis) is 1. The zero-order valence-corrected chi connectivity index (χ0v) is 35.9. The standard InChI is InChI=1S/C43H51F3N8O6S/c1-25(2)36(51-41(58)59-6)39(56)54-24-30(61-7)21-33(54)37-48-23-32(50-37)27-10-8-26(9-11-27)31-14-12-28(20-34(31)60-43(44,45)46)38(55)49-29-13-15-35(47-22-29)52-16-18-53(19-17-52)40(57)42(3,4)5/h8-15,20,22-23,25,30,33,36H,16-19,21,24H2,1-7H3,(H,48,50)(H,49,55)(H,51,58)/t30?,33?,36-/m0/s1. The summed E-state index contributed by atoms with van der Waals surface area (Å²) in [5.41, 5.74) is 1.57. The summed E-state index contributed by atoms with van der Waals surface area (Å²) in [6.45, 7) is 12.2. The molecule has 2 aliphatic heterocycles. The van der Waals surface area contributed by atoms with Crippen LogP contribution in [0.1, 0.15) is 63.3 Å². The summed E-state index contributed by atoms with van der Waals surface area (Å²) >= 11 is 1.64. The van der Waals surface area contributed by atoms with E-state index in [0.717, 1.165) is 6.07 Å². The minimum absolute atomic E-state index is 0.0590. The molecule has 0 radical (unpaired) electrons. The van der Waals surface area contributed by atoms with Gasteiger partial charge in [-0.15, -0.1) is 13.2 Å². The minimum atomic E-state index is -5.03. The first kappa shape index (κ1) is 44.8. The first-order valence-corrected chi connectivity index (χ1v) is 21.2. The molecule has 6 rings (SSSR count). The fourth-order valence-electron chi connectivity index (χ4n) is 7.40. The molecule has 2 aromatic heterocycles. The van der Waals surface area contributed by atoms with Crippen molar-refractivity contribution in [1.29, 1.82) is 0 Å². The number of thioether (sulfide) groups is 1. The molecule has 2 fully saturated rings. The van der Waals surface area contributed by atoms with Crippen molar-refractivity contribution in [1.82, 2.24) is 30.1 Å². The number of nitrogens with zero attached hydrogens (tertiary/aromatic N) is 5. The zero-order chi connectivity index (χ0) is 44.2. The van der Waals surface area contributed by atoms with Crippen LogP contribution in [0.4, 0.5) is 29.5 Å². The topological polar surface area (TPSA) is 162 Å². The van der Waals surface area contributed by atoms with Gasteiger partial charge >= 0.3 is 12.5 Å². The van der Waals surface area contributed by atoms with Crippen molar-refractivity contribution in [3.8, 4) is 28.1 Å². The lowest BCUT2D eigenvalue weighted by molar-refractivity contribution is -0.274. The fourth-order valence-corrected chi connectivity index (χ4v) is 8.08. The smallest absolute Gasteiger partial charge is 0.453 e. The number of aromatic nitrogens is 3. The Labute approximate surface area is 357 Å². The molecule has 0 saturated carbocycles. The molecule has 2 unspecified atom stereocenters. The Hall–Kier alpha value is -5.78. The highest BCUT2D eigenvalue weighted by atomic mass is 32.2. The second-order valence-electron chi connectivity index (χ2n) is 16.4. The largest absolute Gasteiger partial charge is 0.573 e. The quantitative estimate of drug-likeness (QED) is 0.139. The number of hydrogen-bond acceptors (Lipinski definition) is 10. The number of alkyl halides is 3. The molecule has 0 spiro atoms. The molecule has 3 atom stereocenters. The van der Waals surface area contributed by atoms with Crippen LogP contribution in [0.5, 0.6) is 5.75 Å². The average Bonchev–Trinajstić information content (AvgIpc) is 3.90. The van der Waals surface area contributed by atoms with Gasteiger partial charge in [-0.2, -0.15) is 11.8 Å². The number of methoxy groups -OCH3 is 1. The van der Waals surface area contributed by atoms with Gasteiger partial charge < -0.3 is 39.8 Å². The van der Waals surface area contributed by atoms with Crippen LogP contribution in [-0.2, 0) is 14.3 Å². The van der Waals surface area contributed by atoms with Crippen LogP contribution in [-0.4, -0.2) is 112 Å². The molecule has 326 valence electrons. The number of pyridine rings is 1. The van der Waals surface area contributed by atoms with E-state index in [2.05, 4.69) is 25.3 Å². The number of amides is 4. The van der Waals surface area contributed by atoms with Crippen molar-refractivity contribution in [2.24, 2.45) is 11.3 Å². The van der Waals surface area contributed by atoms with Gasteiger partial charge in [-0.05, 0) is 54.5 Å². The molecule has 0 aliphatic carbocycles. The third kappa shape index (κ3) is 10.8. The molecule has 2 aromatic carbocycles. The van der Waals surface area contributed by atoms with E-state index < -0.39 is 35.6 Å². The van der Waals surface area contributed by atoms with E-state index in [0.29, 0.717) is 73.3 Å². The number of hydrogen-bond donors (Lipinski definition) is 3. The summed E-state index contributed by atoms with van der Waals surface area (Å²) in [5.74, 6) is -0.318. The number of anilines is 2. The van der Waals surface area contributed by atoms with Gasteiger partial charge in [0, 0.05) is 66.3 Å². The second-order valence-corrected chi connectivity index (χ2v) is 17.5. The lowest BCUT2D eigenvalue weighted by Crippen LogP contribution is -2.51. The number of rotatable bonds is 11. The summed E-state index contributed by atoms with van der Waals surface area (Å²) in [4.78, 5) is 69.9. The zero-order valence-electron chi connectivity index (χ0n) is 35.1. The highest BCUT2D eigenvalue weighted by molar-refractivity contribution is 7.99. The number of halogens is 3. The van der Waals surface area contributed by atoms with Gasteiger partial charge in [0.05, 0.1) is 30.7 Å². The number of likely N-dealkylation sites (tertiary alicyclic amines) is 1. The Morgan fingerprint density at radius 1 is 0.951 bits per heavy atom. The number of H-pyrrole nitrogens is 1. The third-order valence-corrected chi connectivity index (χ3v) is 11.7. The molecule has 2 saturated heterocycles. The lowest BCUT2D eigenvalue weighted by Gasteiger charge is -2.38. The Morgan fingerprint density at radius 3 is 2.23 bits per heavy atom. The van der Waals surface area contributed by atoms with E-state index >= 15 is 0 Å². The van der Waals surface area contributed by atoms with Crippen LogP contribution in [0.2, 0.25) is 0 Å². The normalized spacial score (nSPS) is 17.6. The highest BCUT2D eigenvalue weighted by Gasteiger charge is 2.41. The maximum Gasteiger partial charge on any atom is 0.573 e. The Bertz CT molecular complexity index is 2200. The van der Waals surface area contributed by atoms with Gasteiger partial charge in [-0.25, -0.2) is 14.8 Å². The van der Waals surface area contributed by atoms with Crippen LogP contribution >= 0.6 is 11.8 Å². The molecule has 0 bridgehead atoms. The SMILES string of the molecule is COC(=O)N[C@H](C(=O)N1CC(SC)CC1c1nc(-c2ccc(-c3ccc(C(=O)Nc4ccc(N5CCN(C(=O)C(C)(C)C)CC5)nc4)cc3OC(F)(F)F)cc2)c[nH]1)C(C)C. The summed E-state index contributed by atoms with van der Waals surface area (Å²) in [6.07, 6.45) is 0.0758. The minimum Gasteiger partial charge on any atom is -0.453 e. The van der Waals surface area contributed by atoms with Crippen molar-refractivity contribution in [2.45, 2.75) is 64.7 Å². The predicted octanol–water partition coefficient (Wildman–Crippen LogP) is 7.37. The molecular formula is C43H51F3N8O6S. The molecule has 18 heteroatoms. The number of carbonyl (C=O) groups excluding carboxylic acids is 4. The molecule has 2 aliphatic rings. The van der Waals surface area contributed by atoms with Crippen LogP contribution in [0.15, 0.2) is 67.0 Å². The first-order chi connectivity index (χ1) is 28.8. The summed E-state index contributed by atoms with van der Waals surface area (Å²) in [7, 11) is 1.24. The van der Waals surface area contributed by atoms with Crippen molar-refractivity contribution in [3.05, 3.63) is 78.4 Å². The van der Waals surface area contributed by atoms with Gasteiger partial charge in [-0.3, -0.25) is 14.4 Å². The number of benzene rings is 2. The third-order valence-electron chi connectivity index (χ3n) is 10.7. The monoisotopic (exact) mass is 864 g/mol. The van der Waals surface area contributed by atoms with Crippen LogP contribution in [0.3, 0.4) is 0 Å². The summed E-state index contributed by atoms with van der Waals surface area (Å²) in [6, 6.07) is 12.8. The van der Waals surface area contributed by atoms with Gasteiger partial charge in [-0.1, -0.05) is 58.9 Å². The van der Waals surface area contributed by atoms with Crippen molar-refractivity contribution < 1.29 is 41.8 Å². The maximum atomic E-state index is 13.8. The number of imidazole rings is 1. The van der Waals surface area contributed by atoms with Crippen LogP contribution in [0.25, 0.3) is 22.4 Å². The molecule has 14 nitrogen and oxygen atoms in total. The summed E-state index contributed by atoms with van der Waals surface area (Å²) < 4.78 is 50.3. The summed E-state index contributed by atoms with van der Waals surface area (Å²) in [5, 5.41) is 5.50. The Kier molecular flexibility index (Phi) is 13.5. The maximum absolute atomic E-state index is 13.8. The Balaban J connectivity index is 1.15. The van der Waals surface area contributed by atoms with E-state index in [9.17, 15) is 32.3 Å². The number of nitrogens with one attached hydrogen (secondary N) is 3. The van der Waals surface area contributed by atoms with Gasteiger partial charge in [0.2, 0.25) is 11.8 Å². The number of piperazine rings is 1.